The smallest absolute Gasteiger partial charge is 0.305 e. The van der Waals surface area contributed by atoms with Crippen LogP contribution in [0.4, 0.5) is 0 Å². The van der Waals surface area contributed by atoms with Gasteiger partial charge in [0.25, 0.3) is 0 Å². The van der Waals surface area contributed by atoms with Crippen molar-refractivity contribution in [2.24, 2.45) is 0 Å². The molecule has 0 saturated carbocycles. The van der Waals surface area contributed by atoms with Gasteiger partial charge in [-0.25, -0.2) is 0 Å². The molecule has 0 unspecified atom stereocenters. The molecular weight excluding hydrogens is 176 g/mol. The maximum Gasteiger partial charge on any atom is 0.305 e. The van der Waals surface area contributed by atoms with E-state index in [1.54, 1.807) is 19.4 Å². The fraction of sp³-hybridized carbons (Fsp3) is 0.875. The van der Waals surface area contributed by atoms with Crippen molar-refractivity contribution in [1.29, 1.82) is 0 Å². The van der Waals surface area contributed by atoms with Crippen LogP contribution in [0.5, 0.6) is 0 Å². The lowest BCUT2D eigenvalue weighted by Gasteiger charge is -1.97. The van der Waals surface area contributed by atoms with E-state index in [1.807, 2.05) is 6.92 Å². The lowest BCUT2D eigenvalue weighted by Crippen LogP contribution is -2.02. The van der Waals surface area contributed by atoms with Crippen molar-refractivity contribution >= 4 is 17.1 Å². The monoisotopic (exact) mass is 194 g/mol. The van der Waals surface area contributed by atoms with Gasteiger partial charge in [-0.05, 0) is 6.42 Å². The molecule has 0 radical (unpaired) electrons. The van der Waals surface area contributed by atoms with Crippen LogP contribution in [-0.4, -0.2) is 29.6 Å². The third kappa shape index (κ3) is 22.6. The van der Waals surface area contributed by atoms with Gasteiger partial charge >= 0.3 is 5.97 Å². The molecule has 0 aliphatic rings. The summed E-state index contributed by atoms with van der Waals surface area (Å²) in [5, 5.41) is 0. The first kappa shape index (κ1) is 14.3. The van der Waals surface area contributed by atoms with Gasteiger partial charge in [-0.1, -0.05) is 25.0 Å². The van der Waals surface area contributed by atoms with E-state index in [4.69, 9.17) is 4.74 Å². The molecule has 74 valence electrons. The molecule has 0 bridgehead atoms. The van der Waals surface area contributed by atoms with Crippen molar-refractivity contribution in [3.63, 3.8) is 0 Å². The van der Waals surface area contributed by atoms with Gasteiger partial charge in [-0.2, -0.15) is 0 Å². The van der Waals surface area contributed by atoms with E-state index in [-0.39, 0.29) is 5.97 Å². The van der Waals surface area contributed by atoms with Crippen molar-refractivity contribution in [3.8, 4) is 0 Å². The highest BCUT2D eigenvalue weighted by Crippen LogP contribution is 1.85. The Morgan fingerprint density at radius 3 is 2.08 bits per heavy atom. The van der Waals surface area contributed by atoms with Gasteiger partial charge in [0.15, 0.2) is 0 Å². The van der Waals surface area contributed by atoms with Gasteiger partial charge in [0.2, 0.25) is 0 Å². The molecule has 0 aliphatic heterocycles. The maximum atomic E-state index is 10.3. The Balaban J connectivity index is 0. The zero-order valence-electron chi connectivity index (χ0n) is 8.25. The van der Waals surface area contributed by atoms with E-state index in [2.05, 4.69) is 0 Å². The van der Waals surface area contributed by atoms with Crippen LogP contribution in [0.2, 0.25) is 0 Å². The number of esters is 1. The Morgan fingerprint density at radius 1 is 1.42 bits per heavy atom. The Hall–Kier alpha value is -0.220. The fourth-order valence-corrected chi connectivity index (χ4v) is 0.318. The largest absolute Gasteiger partial charge is 0.617 e. The Morgan fingerprint density at radius 2 is 1.83 bits per heavy atom. The van der Waals surface area contributed by atoms with Crippen molar-refractivity contribution in [1.82, 2.24) is 0 Å². The van der Waals surface area contributed by atoms with E-state index in [9.17, 15) is 9.35 Å². The van der Waals surface area contributed by atoms with Gasteiger partial charge in [-0.3, -0.25) is 4.79 Å². The molecular formula is C8H18O3S. The molecule has 0 saturated heterocycles. The quantitative estimate of drug-likeness (QED) is 0.503. The number of carbonyl (C=O) groups excluding carboxylic acids is 1. The van der Waals surface area contributed by atoms with Crippen LogP contribution in [0, 0.1) is 0 Å². The highest BCUT2D eigenvalue weighted by Gasteiger charge is 1.93. The molecule has 0 amide bonds. The van der Waals surface area contributed by atoms with Crippen LogP contribution in [-0.2, 0) is 20.7 Å². The number of rotatable bonds is 3. The van der Waals surface area contributed by atoms with Gasteiger partial charge < -0.3 is 9.29 Å². The van der Waals surface area contributed by atoms with Crippen molar-refractivity contribution in [2.45, 2.75) is 26.7 Å². The minimum absolute atomic E-state index is 0.105. The molecule has 0 heterocycles. The predicted molar refractivity (Wildman–Crippen MR) is 51.5 cm³/mol. The van der Waals surface area contributed by atoms with E-state index in [0.29, 0.717) is 13.0 Å². The summed E-state index contributed by atoms with van der Waals surface area (Å²) in [5.41, 5.74) is 0. The van der Waals surface area contributed by atoms with E-state index >= 15 is 0 Å². The number of hydrogen-bond acceptors (Lipinski definition) is 3. The van der Waals surface area contributed by atoms with Crippen LogP contribution < -0.4 is 0 Å². The molecule has 0 aromatic rings. The molecule has 12 heavy (non-hydrogen) atoms. The molecule has 0 aliphatic carbocycles. The molecule has 3 nitrogen and oxygen atoms in total. The summed E-state index contributed by atoms with van der Waals surface area (Å²) < 4.78 is 14.3. The summed E-state index contributed by atoms with van der Waals surface area (Å²) >= 11 is -0.611. The Bertz CT molecular complexity index is 102. The zero-order valence-corrected chi connectivity index (χ0v) is 9.07. The van der Waals surface area contributed by atoms with Gasteiger partial charge in [0, 0.05) is 6.42 Å². The zero-order chi connectivity index (χ0) is 9.98. The lowest BCUT2D eigenvalue weighted by atomic mass is 10.5. The number of hydrogen-bond donors (Lipinski definition) is 0. The highest BCUT2D eigenvalue weighted by atomic mass is 32.2. The fourth-order valence-electron chi connectivity index (χ4n) is 0.318. The third-order valence-electron chi connectivity index (χ3n) is 0.756. The average molecular weight is 194 g/mol. The molecule has 0 rings (SSSR count). The average Bonchev–Trinajstić information content (AvgIpc) is 1.99. The molecule has 0 atom stereocenters. The SMILES string of the molecule is CCCOC(=O)CC.C[S+](C)[O-]. The van der Waals surface area contributed by atoms with E-state index < -0.39 is 11.2 Å². The van der Waals surface area contributed by atoms with Gasteiger partial charge in [-0.15, -0.1) is 0 Å². The number of carbonyl (C=O) groups is 1. The molecule has 0 spiro atoms. The number of ether oxygens (including phenoxy) is 1. The summed E-state index contributed by atoms with van der Waals surface area (Å²) in [6, 6.07) is 0. The topological polar surface area (TPSA) is 49.4 Å². The highest BCUT2D eigenvalue weighted by molar-refractivity contribution is 7.89. The second kappa shape index (κ2) is 10.8. The summed E-state index contributed by atoms with van der Waals surface area (Å²) in [5.74, 6) is -0.105. The molecule has 0 aromatic heterocycles. The first-order valence-corrected chi connectivity index (χ1v) is 5.91. The van der Waals surface area contributed by atoms with Crippen molar-refractivity contribution in [2.75, 3.05) is 19.1 Å². The lowest BCUT2D eigenvalue weighted by molar-refractivity contribution is -0.143. The first-order chi connectivity index (χ1) is 5.54. The Kier molecular flexibility index (Phi) is 12.9. The van der Waals surface area contributed by atoms with Crippen LogP contribution in [0.3, 0.4) is 0 Å². The second-order valence-electron chi connectivity index (χ2n) is 2.32. The Labute approximate surface area is 77.7 Å². The summed E-state index contributed by atoms with van der Waals surface area (Å²) in [7, 11) is 0. The summed E-state index contributed by atoms with van der Waals surface area (Å²) in [4.78, 5) is 10.3. The van der Waals surface area contributed by atoms with Crippen molar-refractivity contribution < 1.29 is 14.1 Å². The standard InChI is InChI=1S/C6H12O2.C2H6OS/c1-3-5-8-6(7)4-2;1-4(2)3/h3-5H2,1-2H3;1-2H3. The predicted octanol–water partition coefficient (Wildman–Crippen LogP) is 1.34. The van der Waals surface area contributed by atoms with Crippen molar-refractivity contribution in [3.05, 3.63) is 0 Å². The summed E-state index contributed by atoms with van der Waals surface area (Å²) in [6.45, 7) is 4.33. The molecule has 0 aromatic carbocycles. The second-order valence-corrected chi connectivity index (χ2v) is 3.80. The van der Waals surface area contributed by atoms with E-state index in [1.165, 1.54) is 0 Å². The van der Waals surface area contributed by atoms with Crippen LogP contribution in [0.1, 0.15) is 26.7 Å². The third-order valence-corrected chi connectivity index (χ3v) is 0.756. The van der Waals surface area contributed by atoms with Crippen LogP contribution in [0.15, 0.2) is 0 Å². The minimum Gasteiger partial charge on any atom is -0.617 e. The first-order valence-electron chi connectivity index (χ1n) is 3.95. The maximum absolute atomic E-state index is 10.3. The minimum atomic E-state index is -0.611. The summed E-state index contributed by atoms with van der Waals surface area (Å²) in [6.07, 6.45) is 4.67. The van der Waals surface area contributed by atoms with Crippen LogP contribution in [0.25, 0.3) is 0 Å². The molecule has 0 fully saturated rings. The molecule has 0 N–H and O–H groups in total. The van der Waals surface area contributed by atoms with Crippen LogP contribution >= 0.6 is 0 Å². The normalized spacial score (nSPS) is 8.83. The molecule has 4 heteroatoms. The van der Waals surface area contributed by atoms with Gasteiger partial charge in [0.05, 0.1) is 19.1 Å². The van der Waals surface area contributed by atoms with Gasteiger partial charge in [0.1, 0.15) is 0 Å². The van der Waals surface area contributed by atoms with E-state index in [0.717, 1.165) is 6.42 Å².